The Morgan fingerprint density at radius 1 is 1.27 bits per heavy atom. The highest BCUT2D eigenvalue weighted by Gasteiger charge is 2.24. The molecule has 0 bridgehead atoms. The Morgan fingerprint density at radius 2 is 2.03 bits per heavy atom. The molecule has 1 amide bonds. The summed E-state index contributed by atoms with van der Waals surface area (Å²) in [6, 6.07) is 12.6. The smallest absolute Gasteiger partial charge is 0.258 e. The fourth-order valence-electron chi connectivity index (χ4n) is 3.76. The summed E-state index contributed by atoms with van der Waals surface area (Å²) in [4.78, 5) is 16.7. The third-order valence-corrected chi connectivity index (χ3v) is 5.61. The van der Waals surface area contributed by atoms with Crippen molar-refractivity contribution >= 4 is 17.3 Å². The number of hydrogen-bond donors (Lipinski definition) is 1. The molecule has 1 saturated heterocycles. The molecule has 0 aromatic heterocycles. The van der Waals surface area contributed by atoms with Crippen LogP contribution < -0.4 is 19.9 Å². The molecule has 0 radical (unpaired) electrons. The average molecular weight is 416 g/mol. The second-order valence-electron chi connectivity index (χ2n) is 7.63. The zero-order valence-electron chi connectivity index (χ0n) is 18.2. The monoisotopic (exact) mass is 415 g/mol. The van der Waals surface area contributed by atoms with Gasteiger partial charge >= 0.3 is 0 Å². The topological polar surface area (TPSA) is 44.8 Å². The number of halogens is 1. The van der Waals surface area contributed by atoms with Crippen molar-refractivity contribution in [1.29, 1.82) is 0 Å². The van der Waals surface area contributed by atoms with Crippen LogP contribution in [0.5, 0.6) is 5.75 Å². The largest absolute Gasteiger partial charge is 0.494 e. The van der Waals surface area contributed by atoms with Gasteiger partial charge in [-0.2, -0.15) is 0 Å². The van der Waals surface area contributed by atoms with Gasteiger partial charge in [0.1, 0.15) is 11.6 Å². The Hall–Kier alpha value is -2.60. The van der Waals surface area contributed by atoms with Crippen LogP contribution in [0.1, 0.15) is 44.9 Å². The lowest BCUT2D eigenvalue weighted by molar-refractivity contribution is 0.0988. The maximum atomic E-state index is 14.9. The van der Waals surface area contributed by atoms with E-state index >= 15 is 0 Å². The fraction of sp³-hybridized carbons (Fsp3) is 0.458. The van der Waals surface area contributed by atoms with Crippen molar-refractivity contribution in [1.82, 2.24) is 5.32 Å². The molecule has 3 rings (SSSR count). The van der Waals surface area contributed by atoms with E-state index in [2.05, 4.69) is 17.1 Å². The maximum absolute atomic E-state index is 14.9. The number of amides is 1. The van der Waals surface area contributed by atoms with Crippen LogP contribution in [0.4, 0.5) is 15.8 Å². The summed E-state index contributed by atoms with van der Waals surface area (Å²) in [5.41, 5.74) is 1.71. The van der Waals surface area contributed by atoms with E-state index in [0.717, 1.165) is 38.1 Å². The summed E-state index contributed by atoms with van der Waals surface area (Å²) in [7, 11) is 1.93. The highest BCUT2D eigenvalue weighted by Crippen LogP contribution is 2.28. The maximum Gasteiger partial charge on any atom is 0.258 e. The predicted octanol–water partition coefficient (Wildman–Crippen LogP) is 4.72. The number of carbonyl (C=O) groups excluding carboxylic acids is 1. The molecule has 30 heavy (non-hydrogen) atoms. The van der Waals surface area contributed by atoms with Gasteiger partial charge in [-0.1, -0.05) is 13.3 Å². The minimum Gasteiger partial charge on any atom is -0.494 e. The molecule has 6 heteroatoms. The third kappa shape index (κ3) is 5.11. The summed E-state index contributed by atoms with van der Waals surface area (Å²) in [5.74, 6) is 0.306. The SMILES string of the molecule is CCCCOc1ccc(C(=O)N(CC)c2ccc(N3CCC(NC)C3)c(F)c2)cc1.[HH]. The Kier molecular flexibility index (Phi) is 7.69. The predicted molar refractivity (Wildman–Crippen MR) is 122 cm³/mol. The Labute approximate surface area is 180 Å². The molecule has 1 N–H and O–H groups in total. The van der Waals surface area contributed by atoms with E-state index in [-0.39, 0.29) is 13.2 Å². The molecule has 1 aliphatic rings. The van der Waals surface area contributed by atoms with Gasteiger partial charge in [0.2, 0.25) is 0 Å². The lowest BCUT2D eigenvalue weighted by Crippen LogP contribution is -2.31. The first-order chi connectivity index (χ1) is 14.6. The highest BCUT2D eigenvalue weighted by atomic mass is 19.1. The van der Waals surface area contributed by atoms with Gasteiger partial charge < -0.3 is 19.9 Å². The van der Waals surface area contributed by atoms with E-state index in [1.807, 2.05) is 32.2 Å². The molecule has 1 aliphatic heterocycles. The van der Waals surface area contributed by atoms with Crippen LogP contribution in [-0.2, 0) is 0 Å². The standard InChI is InChI=1S/C24H32FN3O2.H2/c1-4-6-15-30-21-10-7-18(8-11-21)24(29)28(5-2)20-9-12-23(22(25)16-20)27-14-13-19(17-27)26-3;/h7-12,16,19,26H,4-6,13-15,17H2,1-3H3;1H. The van der Waals surface area contributed by atoms with Crippen molar-refractivity contribution in [2.24, 2.45) is 0 Å². The van der Waals surface area contributed by atoms with Gasteiger partial charge in [0, 0.05) is 38.4 Å². The van der Waals surface area contributed by atoms with Crippen LogP contribution in [0.25, 0.3) is 0 Å². The molecule has 1 fully saturated rings. The lowest BCUT2D eigenvalue weighted by atomic mass is 10.1. The van der Waals surface area contributed by atoms with Gasteiger partial charge in [0.25, 0.3) is 5.91 Å². The zero-order valence-corrected chi connectivity index (χ0v) is 18.2. The first-order valence-corrected chi connectivity index (χ1v) is 10.8. The van der Waals surface area contributed by atoms with Crippen molar-refractivity contribution in [3.8, 4) is 5.75 Å². The molecular weight excluding hydrogens is 381 g/mol. The number of rotatable bonds is 9. The molecular formula is C24H34FN3O2. The number of nitrogens with zero attached hydrogens (tertiary/aromatic N) is 2. The minimum atomic E-state index is -0.296. The van der Waals surface area contributed by atoms with E-state index in [0.29, 0.717) is 36.1 Å². The average Bonchev–Trinajstić information content (AvgIpc) is 3.24. The van der Waals surface area contributed by atoms with Crippen molar-refractivity contribution in [3.63, 3.8) is 0 Å². The lowest BCUT2D eigenvalue weighted by Gasteiger charge is -2.24. The number of nitrogens with one attached hydrogen (secondary N) is 1. The molecule has 1 unspecified atom stereocenters. The van der Waals surface area contributed by atoms with E-state index in [9.17, 15) is 9.18 Å². The Bertz CT molecular complexity index is 847. The van der Waals surface area contributed by atoms with E-state index in [1.54, 1.807) is 23.1 Å². The molecule has 2 aromatic rings. The van der Waals surface area contributed by atoms with Crippen LogP contribution in [0.2, 0.25) is 0 Å². The molecule has 164 valence electrons. The number of unbranched alkanes of at least 4 members (excludes halogenated alkanes) is 1. The Balaban J connectivity index is 0.00000341. The molecule has 2 aromatic carbocycles. The molecule has 0 spiro atoms. The summed E-state index contributed by atoms with van der Waals surface area (Å²) < 4.78 is 20.5. The number of likely N-dealkylation sites (N-methyl/N-ethyl adjacent to an activating group) is 1. The van der Waals surface area contributed by atoms with Gasteiger partial charge in [-0.05, 0) is 69.3 Å². The highest BCUT2D eigenvalue weighted by molar-refractivity contribution is 6.06. The van der Waals surface area contributed by atoms with Crippen LogP contribution in [0, 0.1) is 5.82 Å². The van der Waals surface area contributed by atoms with Gasteiger partial charge in [0.15, 0.2) is 0 Å². The van der Waals surface area contributed by atoms with E-state index < -0.39 is 0 Å². The second kappa shape index (κ2) is 10.4. The quantitative estimate of drug-likeness (QED) is 0.602. The Morgan fingerprint density at radius 3 is 2.63 bits per heavy atom. The summed E-state index contributed by atoms with van der Waals surface area (Å²) in [5, 5.41) is 3.25. The number of ether oxygens (including phenoxy) is 1. The zero-order chi connectivity index (χ0) is 21.5. The number of benzene rings is 2. The van der Waals surface area contributed by atoms with Gasteiger partial charge in [-0.25, -0.2) is 4.39 Å². The van der Waals surface area contributed by atoms with Crippen molar-refractivity contribution in [2.45, 2.75) is 39.2 Å². The van der Waals surface area contributed by atoms with Gasteiger partial charge in [-0.3, -0.25) is 4.79 Å². The van der Waals surface area contributed by atoms with Crippen molar-refractivity contribution in [2.75, 3.05) is 43.1 Å². The second-order valence-corrected chi connectivity index (χ2v) is 7.63. The number of hydrogen-bond acceptors (Lipinski definition) is 4. The molecule has 0 aliphatic carbocycles. The van der Waals surface area contributed by atoms with Crippen LogP contribution in [-0.4, -0.2) is 45.2 Å². The molecule has 0 saturated carbocycles. The van der Waals surface area contributed by atoms with Crippen molar-refractivity contribution in [3.05, 3.63) is 53.8 Å². The fourth-order valence-corrected chi connectivity index (χ4v) is 3.76. The number of carbonyl (C=O) groups is 1. The summed E-state index contributed by atoms with van der Waals surface area (Å²) >= 11 is 0. The first-order valence-electron chi connectivity index (χ1n) is 10.8. The van der Waals surface area contributed by atoms with Crippen LogP contribution in [0.15, 0.2) is 42.5 Å². The number of anilines is 2. The van der Waals surface area contributed by atoms with Gasteiger partial charge in [-0.15, -0.1) is 0 Å². The summed E-state index contributed by atoms with van der Waals surface area (Å²) in [6.07, 6.45) is 3.07. The summed E-state index contributed by atoms with van der Waals surface area (Å²) in [6.45, 7) is 6.75. The van der Waals surface area contributed by atoms with Crippen LogP contribution >= 0.6 is 0 Å². The molecule has 5 nitrogen and oxygen atoms in total. The van der Waals surface area contributed by atoms with E-state index in [1.165, 1.54) is 6.07 Å². The minimum absolute atomic E-state index is 0. The molecule has 1 atom stereocenters. The molecule has 1 heterocycles. The normalized spacial score (nSPS) is 16.0. The van der Waals surface area contributed by atoms with E-state index in [4.69, 9.17) is 4.74 Å². The third-order valence-electron chi connectivity index (χ3n) is 5.61. The van der Waals surface area contributed by atoms with Gasteiger partial charge in [0.05, 0.1) is 12.3 Å². The van der Waals surface area contributed by atoms with Crippen LogP contribution in [0.3, 0.4) is 0 Å². The van der Waals surface area contributed by atoms with Crippen molar-refractivity contribution < 1.29 is 15.3 Å². The first kappa shape index (κ1) is 22.1.